The fourth-order valence-electron chi connectivity index (χ4n) is 2.09. The minimum absolute atomic E-state index is 0.0807. The van der Waals surface area contributed by atoms with E-state index in [4.69, 9.17) is 4.74 Å². The molecule has 1 amide bonds. The molecule has 0 bridgehead atoms. The summed E-state index contributed by atoms with van der Waals surface area (Å²) in [4.78, 5) is 11.6. The van der Waals surface area contributed by atoms with Gasteiger partial charge in [-0.3, -0.25) is 4.79 Å². The lowest BCUT2D eigenvalue weighted by molar-refractivity contribution is -0.115. The summed E-state index contributed by atoms with van der Waals surface area (Å²) in [7, 11) is 0. The van der Waals surface area contributed by atoms with Crippen molar-refractivity contribution >= 4 is 27.5 Å². The average molecular weight is 380 g/mol. The quantitative estimate of drug-likeness (QED) is 0.759. The van der Waals surface area contributed by atoms with Crippen molar-refractivity contribution in [3.05, 3.63) is 57.8 Å². The van der Waals surface area contributed by atoms with Crippen LogP contribution in [-0.4, -0.2) is 5.91 Å². The summed E-state index contributed by atoms with van der Waals surface area (Å²) < 4.78 is 20.4. The Morgan fingerprint density at radius 2 is 2.04 bits per heavy atom. The molecule has 0 spiro atoms. The molecular weight excluding hydrogens is 361 g/mol. The molecule has 0 heterocycles. The number of rotatable bonds is 6. The third kappa shape index (κ3) is 4.55. The number of carbonyl (C=O) groups excluding carboxylic acids is 1. The van der Waals surface area contributed by atoms with Crippen molar-refractivity contribution in [2.75, 3.05) is 5.32 Å². The number of hydrogen-bond acceptors (Lipinski definition) is 2. The molecule has 0 radical (unpaired) electrons. The minimum Gasteiger partial charge on any atom is -0.486 e. The summed E-state index contributed by atoms with van der Waals surface area (Å²) in [6.07, 6.45) is 1.16. The van der Waals surface area contributed by atoms with Crippen molar-refractivity contribution in [2.24, 2.45) is 0 Å². The molecule has 0 atom stereocenters. The van der Waals surface area contributed by atoms with E-state index in [9.17, 15) is 9.18 Å². The lowest BCUT2D eigenvalue weighted by Crippen LogP contribution is -2.12. The van der Waals surface area contributed by atoms with E-state index in [0.717, 1.165) is 22.0 Å². The highest BCUT2D eigenvalue weighted by Crippen LogP contribution is 2.28. The highest BCUT2D eigenvalue weighted by atomic mass is 79.9. The summed E-state index contributed by atoms with van der Waals surface area (Å²) in [5.74, 6) is -0.260. The first-order valence-electron chi connectivity index (χ1n) is 7.53. The zero-order chi connectivity index (χ0) is 16.8. The average Bonchev–Trinajstić information content (AvgIpc) is 2.55. The van der Waals surface area contributed by atoms with Gasteiger partial charge in [-0.2, -0.15) is 0 Å². The number of anilines is 1. The second kappa shape index (κ2) is 8.11. The van der Waals surface area contributed by atoms with Gasteiger partial charge < -0.3 is 10.1 Å². The first kappa shape index (κ1) is 17.5. The maximum Gasteiger partial charge on any atom is 0.224 e. The lowest BCUT2D eigenvalue weighted by atomic mass is 10.1. The van der Waals surface area contributed by atoms with Gasteiger partial charge in [0.15, 0.2) is 11.6 Å². The Bertz CT molecular complexity index is 703. The van der Waals surface area contributed by atoms with Crippen molar-refractivity contribution in [1.29, 1.82) is 0 Å². The summed E-state index contributed by atoms with van der Waals surface area (Å²) in [5, 5.41) is 2.83. The smallest absolute Gasteiger partial charge is 0.224 e. The first-order chi connectivity index (χ1) is 11.0. The molecule has 1 N–H and O–H groups in total. The van der Waals surface area contributed by atoms with Crippen molar-refractivity contribution in [1.82, 2.24) is 0 Å². The van der Waals surface area contributed by atoms with Crippen molar-refractivity contribution in [2.45, 2.75) is 33.3 Å². The van der Waals surface area contributed by atoms with Crippen molar-refractivity contribution in [3.8, 4) is 5.75 Å². The van der Waals surface area contributed by atoms with Crippen LogP contribution in [0.25, 0.3) is 0 Å². The molecule has 2 rings (SSSR count). The number of amides is 1. The third-order valence-electron chi connectivity index (χ3n) is 3.49. The monoisotopic (exact) mass is 379 g/mol. The number of carbonyl (C=O) groups is 1. The predicted octanol–water partition coefficient (Wildman–Crippen LogP) is 5.08. The Labute approximate surface area is 144 Å². The maximum absolute atomic E-state index is 14.0. The summed E-state index contributed by atoms with van der Waals surface area (Å²) in [6, 6.07) is 10.4. The van der Waals surface area contributed by atoms with Gasteiger partial charge in [-0.1, -0.05) is 41.9 Å². The summed E-state index contributed by atoms with van der Waals surface area (Å²) >= 11 is 3.45. The number of benzene rings is 2. The maximum atomic E-state index is 14.0. The fraction of sp³-hybridized carbons (Fsp3) is 0.278. The zero-order valence-electron chi connectivity index (χ0n) is 13.2. The fourth-order valence-corrected chi connectivity index (χ4v) is 2.57. The Hall–Kier alpha value is -1.88. The van der Waals surface area contributed by atoms with E-state index in [-0.39, 0.29) is 24.1 Å². The molecule has 0 aliphatic rings. The summed E-state index contributed by atoms with van der Waals surface area (Å²) in [6.45, 7) is 3.91. The molecule has 0 aliphatic carbocycles. The molecule has 0 fully saturated rings. The van der Waals surface area contributed by atoms with E-state index < -0.39 is 0 Å². The van der Waals surface area contributed by atoms with Gasteiger partial charge in [0, 0.05) is 22.1 Å². The Morgan fingerprint density at radius 3 is 2.70 bits per heavy atom. The van der Waals surface area contributed by atoms with E-state index in [1.807, 2.05) is 25.1 Å². The molecule has 2 aromatic rings. The van der Waals surface area contributed by atoms with Gasteiger partial charge >= 0.3 is 0 Å². The zero-order valence-corrected chi connectivity index (χ0v) is 14.7. The van der Waals surface area contributed by atoms with Crippen LogP contribution in [0.1, 0.15) is 31.4 Å². The Morgan fingerprint density at radius 1 is 1.26 bits per heavy atom. The molecule has 2 aromatic carbocycles. The first-order valence-corrected chi connectivity index (χ1v) is 8.32. The van der Waals surface area contributed by atoms with Gasteiger partial charge in [0.05, 0.1) is 0 Å². The molecule has 0 aromatic heterocycles. The molecule has 0 aliphatic heterocycles. The molecule has 5 heteroatoms. The van der Waals surface area contributed by atoms with Gasteiger partial charge in [-0.25, -0.2) is 4.39 Å². The van der Waals surface area contributed by atoms with Gasteiger partial charge in [0.2, 0.25) is 5.91 Å². The molecule has 23 heavy (non-hydrogen) atoms. The van der Waals surface area contributed by atoms with E-state index in [1.54, 1.807) is 19.1 Å². The highest BCUT2D eigenvalue weighted by molar-refractivity contribution is 9.10. The number of ether oxygens (including phenoxy) is 1. The van der Waals surface area contributed by atoms with Crippen LogP contribution in [0.5, 0.6) is 5.75 Å². The SMILES string of the molecule is CCC(=O)Nc1cccc(Br)c1COc1ccc(CC)cc1F. The van der Waals surface area contributed by atoms with E-state index in [0.29, 0.717) is 12.1 Å². The van der Waals surface area contributed by atoms with Gasteiger partial charge in [-0.05, 0) is 36.2 Å². The number of halogens is 2. The van der Waals surface area contributed by atoms with Crippen LogP contribution >= 0.6 is 15.9 Å². The van der Waals surface area contributed by atoms with E-state index >= 15 is 0 Å². The number of nitrogens with one attached hydrogen (secondary N) is 1. The van der Waals surface area contributed by atoms with Crippen LogP contribution in [0, 0.1) is 5.82 Å². The van der Waals surface area contributed by atoms with E-state index in [2.05, 4.69) is 21.2 Å². The van der Waals surface area contributed by atoms with Crippen molar-refractivity contribution in [3.63, 3.8) is 0 Å². The van der Waals surface area contributed by atoms with Crippen LogP contribution in [0.4, 0.5) is 10.1 Å². The van der Waals surface area contributed by atoms with Gasteiger partial charge in [0.25, 0.3) is 0 Å². The molecule has 0 saturated heterocycles. The second-order valence-electron chi connectivity index (χ2n) is 5.07. The Balaban J connectivity index is 2.18. The topological polar surface area (TPSA) is 38.3 Å². The van der Waals surface area contributed by atoms with Gasteiger partial charge in [0.1, 0.15) is 6.61 Å². The number of hydrogen-bond donors (Lipinski definition) is 1. The molecule has 0 saturated carbocycles. The largest absolute Gasteiger partial charge is 0.486 e. The molecule has 0 unspecified atom stereocenters. The number of aryl methyl sites for hydroxylation is 1. The third-order valence-corrected chi connectivity index (χ3v) is 4.23. The van der Waals surface area contributed by atoms with E-state index in [1.165, 1.54) is 6.07 Å². The van der Waals surface area contributed by atoms with Crippen LogP contribution in [-0.2, 0) is 17.8 Å². The van der Waals surface area contributed by atoms with Crippen LogP contribution in [0.3, 0.4) is 0 Å². The van der Waals surface area contributed by atoms with Crippen molar-refractivity contribution < 1.29 is 13.9 Å². The predicted molar refractivity (Wildman–Crippen MR) is 93.2 cm³/mol. The van der Waals surface area contributed by atoms with Gasteiger partial charge in [-0.15, -0.1) is 0 Å². The molecular formula is C18H19BrFNO2. The summed E-state index contributed by atoms with van der Waals surface area (Å²) in [5.41, 5.74) is 2.36. The van der Waals surface area contributed by atoms with Crippen LogP contribution in [0.15, 0.2) is 40.9 Å². The van der Waals surface area contributed by atoms with Crippen LogP contribution in [0.2, 0.25) is 0 Å². The van der Waals surface area contributed by atoms with Crippen LogP contribution < -0.4 is 10.1 Å². The lowest BCUT2D eigenvalue weighted by Gasteiger charge is -2.14. The normalized spacial score (nSPS) is 10.4. The highest BCUT2D eigenvalue weighted by Gasteiger charge is 2.11. The second-order valence-corrected chi connectivity index (χ2v) is 5.93. The standard InChI is InChI=1S/C18H19BrFNO2/c1-3-12-8-9-17(15(20)10-12)23-11-13-14(19)6-5-7-16(13)21-18(22)4-2/h5-10H,3-4,11H2,1-2H3,(H,21,22). The Kier molecular flexibility index (Phi) is 6.16. The molecule has 3 nitrogen and oxygen atoms in total. The molecule has 122 valence electrons. The minimum atomic E-state index is -0.379.